The van der Waals surface area contributed by atoms with Crippen LogP contribution < -0.4 is 5.32 Å². The van der Waals surface area contributed by atoms with E-state index in [0.717, 1.165) is 0 Å². The molecule has 0 radical (unpaired) electrons. The smallest absolute Gasteiger partial charge is 0.333 e. The van der Waals surface area contributed by atoms with Crippen LogP contribution >= 0.6 is 0 Å². The number of hydrogen-bond donors (Lipinski definition) is 2. The van der Waals surface area contributed by atoms with E-state index in [0.29, 0.717) is 17.9 Å². The van der Waals surface area contributed by atoms with Crippen LogP contribution in [0, 0.1) is 10.1 Å². The topological polar surface area (TPSA) is 102 Å². The van der Waals surface area contributed by atoms with Crippen LogP contribution in [-0.4, -0.2) is 46.2 Å². The fraction of sp³-hybridized carbons (Fsp3) is 0.700. The zero-order valence-electron chi connectivity index (χ0n) is 10.7. The Morgan fingerprint density at radius 2 is 2.33 bits per heavy atom. The van der Waals surface area contributed by atoms with Crippen LogP contribution in [0.2, 0.25) is 0 Å². The molecule has 0 bridgehead atoms. The minimum absolute atomic E-state index is 0.0374. The van der Waals surface area contributed by atoms with Gasteiger partial charge in [-0.25, -0.2) is 4.68 Å². The molecule has 1 aromatic rings. The standard InChI is InChI=1S/C10H18N4O4/c1-4-8-9(14(16)17)10(13(2)12-8)11-5-7(15)6-18-3/h7,11,15H,4-6H2,1-3H3. The van der Waals surface area contributed by atoms with Crippen LogP contribution in [0.25, 0.3) is 0 Å². The van der Waals surface area contributed by atoms with Crippen molar-refractivity contribution in [3.05, 3.63) is 15.8 Å². The van der Waals surface area contributed by atoms with Crippen LogP contribution in [0.15, 0.2) is 0 Å². The summed E-state index contributed by atoms with van der Waals surface area (Å²) in [4.78, 5) is 10.5. The number of aryl methyl sites for hydroxylation is 2. The number of aliphatic hydroxyl groups is 1. The van der Waals surface area contributed by atoms with Gasteiger partial charge in [0.2, 0.25) is 5.82 Å². The Labute approximate surface area is 105 Å². The summed E-state index contributed by atoms with van der Waals surface area (Å²) in [6.45, 7) is 2.13. The second-order valence-corrected chi connectivity index (χ2v) is 3.87. The predicted molar refractivity (Wildman–Crippen MR) is 65.6 cm³/mol. The molecule has 0 aromatic carbocycles. The lowest BCUT2D eigenvalue weighted by atomic mass is 10.3. The summed E-state index contributed by atoms with van der Waals surface area (Å²) in [6, 6.07) is 0. The lowest BCUT2D eigenvalue weighted by Gasteiger charge is -2.11. The summed E-state index contributed by atoms with van der Waals surface area (Å²) in [6.07, 6.45) is -0.249. The molecule has 0 aliphatic carbocycles. The van der Waals surface area contributed by atoms with E-state index in [2.05, 4.69) is 10.4 Å². The second-order valence-electron chi connectivity index (χ2n) is 3.87. The average molecular weight is 258 g/mol. The fourth-order valence-electron chi connectivity index (χ4n) is 1.66. The number of nitro groups is 1. The number of aliphatic hydroxyl groups excluding tert-OH is 1. The van der Waals surface area contributed by atoms with Gasteiger partial charge in [-0.2, -0.15) is 5.10 Å². The van der Waals surface area contributed by atoms with Gasteiger partial charge in [-0.15, -0.1) is 0 Å². The van der Waals surface area contributed by atoms with Crippen LogP contribution in [0.3, 0.4) is 0 Å². The van der Waals surface area contributed by atoms with Crippen LogP contribution in [0.1, 0.15) is 12.6 Å². The van der Waals surface area contributed by atoms with Gasteiger partial charge in [0.1, 0.15) is 5.69 Å². The number of rotatable bonds is 7. The summed E-state index contributed by atoms with van der Waals surface area (Å²) >= 11 is 0. The molecule has 18 heavy (non-hydrogen) atoms. The predicted octanol–water partition coefficient (Wildman–Crippen LogP) is 0.310. The Kier molecular flexibility index (Phi) is 5.05. The third-order valence-electron chi connectivity index (χ3n) is 2.47. The first-order valence-electron chi connectivity index (χ1n) is 5.62. The zero-order chi connectivity index (χ0) is 13.7. The molecule has 0 spiro atoms. The van der Waals surface area contributed by atoms with Gasteiger partial charge in [-0.1, -0.05) is 6.92 Å². The summed E-state index contributed by atoms with van der Waals surface area (Å²) in [7, 11) is 3.10. The molecule has 0 amide bonds. The number of nitrogens with zero attached hydrogens (tertiary/aromatic N) is 3. The summed E-state index contributed by atoms with van der Waals surface area (Å²) in [5.41, 5.74) is 0.385. The molecule has 0 aliphatic rings. The molecule has 8 heteroatoms. The van der Waals surface area contributed by atoms with E-state index in [1.54, 1.807) is 14.0 Å². The largest absolute Gasteiger partial charge is 0.389 e. The minimum Gasteiger partial charge on any atom is -0.389 e. The van der Waals surface area contributed by atoms with Gasteiger partial charge in [0.25, 0.3) is 0 Å². The Bertz CT molecular complexity index is 418. The van der Waals surface area contributed by atoms with E-state index in [9.17, 15) is 15.2 Å². The van der Waals surface area contributed by atoms with Crippen LogP contribution in [0.4, 0.5) is 11.5 Å². The van der Waals surface area contributed by atoms with Crippen LogP contribution in [-0.2, 0) is 18.2 Å². The molecular weight excluding hydrogens is 240 g/mol. The highest BCUT2D eigenvalue weighted by Gasteiger charge is 2.25. The van der Waals surface area contributed by atoms with Gasteiger partial charge in [0.15, 0.2) is 0 Å². The number of anilines is 1. The first-order valence-corrected chi connectivity index (χ1v) is 5.62. The van der Waals surface area contributed by atoms with Gasteiger partial charge in [-0.05, 0) is 6.42 Å². The molecule has 8 nitrogen and oxygen atoms in total. The SMILES string of the molecule is CCc1nn(C)c(NCC(O)COC)c1[N+](=O)[O-]. The molecule has 1 rings (SSSR count). The molecule has 1 atom stereocenters. The fourth-order valence-corrected chi connectivity index (χ4v) is 1.66. The lowest BCUT2D eigenvalue weighted by Crippen LogP contribution is -2.25. The van der Waals surface area contributed by atoms with Gasteiger partial charge < -0.3 is 15.2 Å². The Hall–Kier alpha value is -1.67. The molecule has 0 saturated carbocycles. The van der Waals surface area contributed by atoms with E-state index in [-0.39, 0.29) is 18.8 Å². The molecular formula is C10H18N4O4. The number of nitrogens with one attached hydrogen (secondary N) is 1. The normalized spacial score (nSPS) is 12.4. The second kappa shape index (κ2) is 6.31. The number of methoxy groups -OCH3 is 1. The van der Waals surface area contributed by atoms with Crippen LogP contribution in [0.5, 0.6) is 0 Å². The minimum atomic E-state index is -0.727. The van der Waals surface area contributed by atoms with Crippen molar-refractivity contribution in [2.75, 3.05) is 25.6 Å². The quantitative estimate of drug-likeness (QED) is 0.539. The first kappa shape index (κ1) is 14.4. The van der Waals surface area contributed by atoms with Gasteiger partial charge in [0.05, 0.1) is 17.6 Å². The molecule has 0 aliphatic heterocycles. The third-order valence-corrected chi connectivity index (χ3v) is 2.47. The van der Waals surface area contributed by atoms with E-state index >= 15 is 0 Å². The van der Waals surface area contributed by atoms with Gasteiger partial charge >= 0.3 is 5.69 Å². The Morgan fingerprint density at radius 1 is 1.67 bits per heavy atom. The van der Waals surface area contributed by atoms with Crippen molar-refractivity contribution in [1.82, 2.24) is 9.78 Å². The maximum absolute atomic E-state index is 11.0. The Morgan fingerprint density at radius 3 is 2.83 bits per heavy atom. The zero-order valence-corrected chi connectivity index (χ0v) is 10.7. The maximum Gasteiger partial charge on any atom is 0.333 e. The summed E-state index contributed by atoms with van der Waals surface area (Å²) in [5, 5.41) is 27.4. The van der Waals surface area contributed by atoms with Crippen molar-refractivity contribution >= 4 is 11.5 Å². The number of aromatic nitrogens is 2. The van der Waals surface area contributed by atoms with E-state index < -0.39 is 11.0 Å². The van der Waals surface area contributed by atoms with Crippen molar-refractivity contribution in [2.45, 2.75) is 19.4 Å². The molecule has 0 fully saturated rings. The number of hydrogen-bond acceptors (Lipinski definition) is 6. The van der Waals surface area contributed by atoms with E-state index in [1.165, 1.54) is 11.8 Å². The summed E-state index contributed by atoms with van der Waals surface area (Å²) in [5.74, 6) is 0.298. The monoisotopic (exact) mass is 258 g/mol. The van der Waals surface area contributed by atoms with Gasteiger partial charge in [0, 0.05) is 20.7 Å². The highest BCUT2D eigenvalue weighted by atomic mass is 16.6. The highest BCUT2D eigenvalue weighted by Crippen LogP contribution is 2.28. The van der Waals surface area contributed by atoms with E-state index in [1.807, 2.05) is 0 Å². The molecule has 1 unspecified atom stereocenters. The van der Waals surface area contributed by atoms with Crippen molar-refractivity contribution in [3.8, 4) is 0 Å². The van der Waals surface area contributed by atoms with E-state index in [4.69, 9.17) is 4.74 Å². The molecule has 102 valence electrons. The van der Waals surface area contributed by atoms with Crippen molar-refractivity contribution < 1.29 is 14.8 Å². The Balaban J connectivity index is 2.87. The maximum atomic E-state index is 11.0. The van der Waals surface area contributed by atoms with Crippen molar-refractivity contribution in [2.24, 2.45) is 7.05 Å². The van der Waals surface area contributed by atoms with Crippen molar-refractivity contribution in [3.63, 3.8) is 0 Å². The van der Waals surface area contributed by atoms with Crippen molar-refractivity contribution in [1.29, 1.82) is 0 Å². The lowest BCUT2D eigenvalue weighted by molar-refractivity contribution is -0.384. The first-order chi connectivity index (χ1) is 8.51. The third kappa shape index (κ3) is 3.17. The average Bonchev–Trinajstić information content (AvgIpc) is 2.63. The number of ether oxygens (including phenoxy) is 1. The molecule has 0 saturated heterocycles. The highest BCUT2D eigenvalue weighted by molar-refractivity contribution is 5.59. The van der Waals surface area contributed by atoms with Gasteiger partial charge in [-0.3, -0.25) is 10.1 Å². The molecule has 1 aromatic heterocycles. The molecule has 2 N–H and O–H groups in total. The summed E-state index contributed by atoms with van der Waals surface area (Å²) < 4.78 is 6.19. The molecule has 1 heterocycles.